The van der Waals surface area contributed by atoms with Crippen molar-refractivity contribution in [2.75, 3.05) is 0 Å². The van der Waals surface area contributed by atoms with Crippen LogP contribution in [0.5, 0.6) is 0 Å². The fourth-order valence-electron chi connectivity index (χ4n) is 0.227. The molecule has 0 unspecified atom stereocenters. The summed E-state index contributed by atoms with van der Waals surface area (Å²) in [6.45, 7) is 0. The van der Waals surface area contributed by atoms with E-state index in [2.05, 4.69) is 16.2 Å². The van der Waals surface area contributed by atoms with Crippen molar-refractivity contribution in [1.82, 2.24) is 0 Å². The Kier molecular flexibility index (Phi) is 5.65. The smallest absolute Gasteiger partial charge is 0.342 e. The third-order valence-electron chi connectivity index (χ3n) is 0.651. The van der Waals surface area contributed by atoms with Crippen molar-refractivity contribution < 1.29 is 9.08 Å². The van der Waals surface area contributed by atoms with Gasteiger partial charge in [-0.05, 0) is 0 Å². The molecule has 0 rings (SSSR count). The Labute approximate surface area is 88.1 Å². The summed E-state index contributed by atoms with van der Waals surface area (Å²) in [5.41, 5.74) is 0. The minimum Gasteiger partial charge on any atom is -0.342 e. The van der Waals surface area contributed by atoms with Crippen LogP contribution in [-0.4, -0.2) is 10.8 Å². The Hall–Kier alpha value is 0.660. The summed E-state index contributed by atoms with van der Waals surface area (Å²) >= 11 is 25.9. The molecule has 0 saturated heterocycles. The van der Waals surface area contributed by atoms with E-state index in [4.69, 9.17) is 46.4 Å². The normalized spacial score (nSPS) is 12.9. The van der Waals surface area contributed by atoms with Crippen LogP contribution in [0.3, 0.4) is 0 Å². The second-order valence-corrected chi connectivity index (χ2v) is 3.36. The summed E-state index contributed by atoms with van der Waals surface area (Å²) < 4.78 is 3.73. The van der Waals surface area contributed by atoms with Crippen molar-refractivity contribution in [3.63, 3.8) is 0 Å². The molecule has 0 saturated carbocycles. The number of allylic oxidation sites excluding steroid dienone is 1. The summed E-state index contributed by atoms with van der Waals surface area (Å²) in [6, 6.07) is 0. The molecule has 0 aliphatic heterocycles. The predicted octanol–water partition coefficient (Wildman–Crippen LogP) is 3.18. The maximum atomic E-state index is 10.5. The lowest BCUT2D eigenvalue weighted by molar-refractivity contribution is -0.129. The number of alkyl halides is 2. The van der Waals surface area contributed by atoms with E-state index < -0.39 is 15.8 Å². The zero-order valence-corrected chi connectivity index (χ0v) is 8.56. The van der Waals surface area contributed by atoms with Gasteiger partial charge in [0.25, 0.3) is 0 Å². The molecular formula is C4HCl5O2. The third-order valence-corrected chi connectivity index (χ3v) is 2.31. The molecule has 0 radical (unpaired) electrons. The molecule has 2 nitrogen and oxygen atoms in total. The number of hydrogen-bond acceptors (Lipinski definition) is 2. The summed E-state index contributed by atoms with van der Waals surface area (Å²) in [4.78, 5) is 9.44. The first-order valence-corrected chi connectivity index (χ1v) is 4.10. The molecular weight excluding hydrogens is 257 g/mol. The van der Waals surface area contributed by atoms with E-state index in [1.807, 2.05) is 0 Å². The number of carbonyl (C=O) groups excluding carboxylic acids is 1. The van der Waals surface area contributed by atoms with Crippen LogP contribution in [0.15, 0.2) is 10.1 Å². The van der Waals surface area contributed by atoms with Crippen LogP contribution >= 0.6 is 58.3 Å². The van der Waals surface area contributed by atoms with Crippen LogP contribution in [0, 0.1) is 0 Å². The van der Waals surface area contributed by atoms with E-state index in [-0.39, 0.29) is 5.03 Å². The van der Waals surface area contributed by atoms with E-state index >= 15 is 0 Å². The lowest BCUT2D eigenvalue weighted by atomic mass is 10.5. The fourth-order valence-corrected chi connectivity index (χ4v) is 0.899. The van der Waals surface area contributed by atoms with Gasteiger partial charge in [0, 0.05) is 0 Å². The zero-order valence-electron chi connectivity index (χ0n) is 4.78. The maximum Gasteiger partial charge on any atom is 0.369 e. The molecule has 0 aromatic carbocycles. The summed E-state index contributed by atoms with van der Waals surface area (Å²) in [7, 11) is 0. The molecule has 64 valence electrons. The molecule has 0 heterocycles. The van der Waals surface area contributed by atoms with E-state index in [0.717, 1.165) is 0 Å². The Bertz CT molecular complexity index is 187. The SMILES string of the molecule is O=C(OCl)/C(Cl)=C(/Cl)C(Cl)Cl. The lowest BCUT2D eigenvalue weighted by Gasteiger charge is -1.99. The maximum absolute atomic E-state index is 10.5. The molecule has 11 heavy (non-hydrogen) atoms. The third kappa shape index (κ3) is 3.72. The second-order valence-electron chi connectivity index (χ2n) is 1.33. The van der Waals surface area contributed by atoms with Crippen LogP contribution in [0.25, 0.3) is 0 Å². The highest BCUT2D eigenvalue weighted by Gasteiger charge is 2.17. The quantitative estimate of drug-likeness (QED) is 0.561. The van der Waals surface area contributed by atoms with Crippen LogP contribution in [-0.2, 0) is 9.08 Å². The number of rotatable bonds is 2. The Morgan fingerprint density at radius 3 is 2.00 bits per heavy atom. The van der Waals surface area contributed by atoms with E-state index in [0.29, 0.717) is 0 Å². The fraction of sp³-hybridized carbons (Fsp3) is 0.250. The number of halogens is 5. The van der Waals surface area contributed by atoms with Gasteiger partial charge >= 0.3 is 5.97 Å². The van der Waals surface area contributed by atoms with E-state index in [1.165, 1.54) is 0 Å². The molecule has 0 amide bonds. The summed E-state index contributed by atoms with van der Waals surface area (Å²) in [5.74, 6) is -0.996. The van der Waals surface area contributed by atoms with Gasteiger partial charge in [-0.3, -0.25) is 0 Å². The standard InChI is InChI=1S/C4HCl5O2/c5-1(3(7)8)2(6)4(10)11-9/h3H/b2-1-. The average molecular weight is 258 g/mol. The molecule has 0 aliphatic rings. The highest BCUT2D eigenvalue weighted by atomic mass is 35.5. The van der Waals surface area contributed by atoms with Crippen LogP contribution in [0.1, 0.15) is 0 Å². The van der Waals surface area contributed by atoms with Gasteiger partial charge in [0.15, 0.2) is 0 Å². The van der Waals surface area contributed by atoms with Crippen LogP contribution in [0.4, 0.5) is 0 Å². The largest absolute Gasteiger partial charge is 0.369 e. The summed E-state index contributed by atoms with van der Waals surface area (Å²) in [5, 5.41) is -0.655. The minimum atomic E-state index is -1.07. The first-order valence-electron chi connectivity index (χ1n) is 2.17. The Morgan fingerprint density at radius 2 is 1.73 bits per heavy atom. The molecule has 0 N–H and O–H groups in total. The zero-order chi connectivity index (χ0) is 9.02. The lowest BCUT2D eigenvalue weighted by Crippen LogP contribution is -2.01. The van der Waals surface area contributed by atoms with Gasteiger partial charge in [0.05, 0.1) is 5.03 Å². The molecule has 0 atom stereocenters. The van der Waals surface area contributed by atoms with Crippen molar-refractivity contribution in [1.29, 1.82) is 0 Å². The van der Waals surface area contributed by atoms with Gasteiger partial charge in [0.1, 0.15) is 21.7 Å². The first kappa shape index (κ1) is 11.7. The second kappa shape index (κ2) is 5.33. The molecule has 0 aliphatic carbocycles. The topological polar surface area (TPSA) is 26.3 Å². The van der Waals surface area contributed by atoms with Gasteiger partial charge in [-0.1, -0.05) is 46.4 Å². The summed E-state index contributed by atoms with van der Waals surface area (Å²) in [6.07, 6.45) is 0. The molecule has 0 fully saturated rings. The Balaban J connectivity index is 4.52. The van der Waals surface area contributed by atoms with Crippen molar-refractivity contribution in [3.05, 3.63) is 10.1 Å². The van der Waals surface area contributed by atoms with Gasteiger partial charge in [-0.15, -0.1) is 0 Å². The van der Waals surface area contributed by atoms with Crippen molar-refractivity contribution in [2.45, 2.75) is 4.84 Å². The van der Waals surface area contributed by atoms with Gasteiger partial charge in [-0.25, -0.2) is 4.79 Å². The van der Waals surface area contributed by atoms with Crippen LogP contribution < -0.4 is 0 Å². The van der Waals surface area contributed by atoms with Gasteiger partial charge < -0.3 is 4.29 Å². The molecule has 0 spiro atoms. The monoisotopic (exact) mass is 256 g/mol. The van der Waals surface area contributed by atoms with E-state index in [1.54, 1.807) is 0 Å². The highest BCUT2D eigenvalue weighted by Crippen LogP contribution is 2.25. The number of carbonyl (C=O) groups is 1. The number of hydrogen-bond donors (Lipinski definition) is 0. The molecule has 0 aromatic rings. The predicted molar refractivity (Wildman–Crippen MR) is 46.2 cm³/mol. The average Bonchev–Trinajstić information content (AvgIpc) is 2.00. The molecule has 7 heteroatoms. The van der Waals surface area contributed by atoms with Crippen molar-refractivity contribution in [3.8, 4) is 0 Å². The van der Waals surface area contributed by atoms with E-state index in [9.17, 15) is 4.79 Å². The molecule has 0 aromatic heterocycles. The Morgan fingerprint density at radius 1 is 1.27 bits per heavy atom. The van der Waals surface area contributed by atoms with Crippen LogP contribution in [0.2, 0.25) is 0 Å². The van der Waals surface area contributed by atoms with Crippen molar-refractivity contribution in [2.24, 2.45) is 0 Å². The van der Waals surface area contributed by atoms with Crippen molar-refractivity contribution >= 4 is 64.2 Å². The first-order chi connectivity index (χ1) is 5.00. The van der Waals surface area contributed by atoms with Gasteiger partial charge in [0.2, 0.25) is 0 Å². The minimum absolute atomic E-state index is 0.222. The molecule has 0 bridgehead atoms. The highest BCUT2D eigenvalue weighted by molar-refractivity contribution is 6.56. The van der Waals surface area contributed by atoms with Gasteiger partial charge in [-0.2, -0.15) is 0 Å².